The molecule has 14 heavy (non-hydrogen) atoms. The Bertz CT molecular complexity index is 282. The van der Waals surface area contributed by atoms with Gasteiger partial charge < -0.3 is 0 Å². The van der Waals surface area contributed by atoms with Crippen LogP contribution in [0.5, 0.6) is 0 Å². The van der Waals surface area contributed by atoms with Crippen LogP contribution in [0.1, 0.15) is 40.5 Å². The first-order valence-corrected chi connectivity index (χ1v) is 5.32. The third kappa shape index (κ3) is 2.34. The minimum Gasteiger partial charge on any atom is -0.300 e. The maximum Gasteiger partial charge on any atom is 0.134 e. The molecule has 0 radical (unpaired) electrons. The van der Waals surface area contributed by atoms with Gasteiger partial charge in [-0.1, -0.05) is 44.6 Å². The highest BCUT2D eigenvalue weighted by Gasteiger charge is 2.34. The van der Waals surface area contributed by atoms with Gasteiger partial charge in [0.15, 0.2) is 0 Å². The molecular formula is C13H20O. The molecule has 1 heteroatoms. The Labute approximate surface area is 86.9 Å². The molecule has 1 rings (SSSR count). The lowest BCUT2D eigenvalue weighted by atomic mass is 9.68. The van der Waals surface area contributed by atoms with Crippen molar-refractivity contribution in [3.05, 3.63) is 23.8 Å². The van der Waals surface area contributed by atoms with Gasteiger partial charge in [0, 0.05) is 12.8 Å². The SMILES string of the molecule is C/C=C/C=C1\C(C)CC(=O)CC1(C)C. The number of hydrogen-bond donors (Lipinski definition) is 0. The van der Waals surface area contributed by atoms with E-state index < -0.39 is 0 Å². The topological polar surface area (TPSA) is 17.1 Å². The number of rotatable bonds is 1. The fourth-order valence-corrected chi connectivity index (χ4v) is 2.38. The molecule has 78 valence electrons. The second-order valence-electron chi connectivity index (χ2n) is 4.85. The molecule has 0 aromatic rings. The van der Waals surface area contributed by atoms with Crippen LogP contribution in [0, 0.1) is 11.3 Å². The summed E-state index contributed by atoms with van der Waals surface area (Å²) in [5, 5.41) is 0. The van der Waals surface area contributed by atoms with Gasteiger partial charge in [0.25, 0.3) is 0 Å². The molecule has 0 saturated heterocycles. The average Bonchev–Trinajstić information content (AvgIpc) is 2.00. The van der Waals surface area contributed by atoms with Crippen molar-refractivity contribution in [2.24, 2.45) is 11.3 Å². The lowest BCUT2D eigenvalue weighted by molar-refractivity contribution is -0.122. The van der Waals surface area contributed by atoms with Gasteiger partial charge in [0.05, 0.1) is 0 Å². The van der Waals surface area contributed by atoms with E-state index in [-0.39, 0.29) is 5.41 Å². The molecule has 1 aliphatic carbocycles. The summed E-state index contributed by atoms with van der Waals surface area (Å²) in [6.07, 6.45) is 7.69. The molecule has 0 heterocycles. The van der Waals surface area contributed by atoms with Crippen molar-refractivity contribution in [2.75, 3.05) is 0 Å². The Balaban J connectivity index is 2.96. The highest BCUT2D eigenvalue weighted by atomic mass is 16.1. The average molecular weight is 192 g/mol. The molecule has 0 aliphatic heterocycles. The molecule has 0 N–H and O–H groups in total. The predicted molar refractivity (Wildman–Crippen MR) is 60.1 cm³/mol. The van der Waals surface area contributed by atoms with Crippen molar-refractivity contribution < 1.29 is 4.79 Å². The molecule has 1 fully saturated rings. The summed E-state index contributed by atoms with van der Waals surface area (Å²) in [6, 6.07) is 0. The van der Waals surface area contributed by atoms with E-state index in [1.807, 2.05) is 13.0 Å². The van der Waals surface area contributed by atoms with Crippen LogP contribution in [0.2, 0.25) is 0 Å². The quantitative estimate of drug-likeness (QED) is 0.621. The molecule has 1 saturated carbocycles. The van der Waals surface area contributed by atoms with Crippen molar-refractivity contribution in [3.63, 3.8) is 0 Å². The second-order valence-corrected chi connectivity index (χ2v) is 4.85. The van der Waals surface area contributed by atoms with E-state index >= 15 is 0 Å². The summed E-state index contributed by atoms with van der Waals surface area (Å²) in [6.45, 7) is 8.49. The van der Waals surface area contributed by atoms with E-state index in [9.17, 15) is 4.79 Å². The van der Waals surface area contributed by atoms with Crippen LogP contribution in [0.4, 0.5) is 0 Å². The zero-order chi connectivity index (χ0) is 10.8. The standard InChI is InChI=1S/C13H20O/c1-5-6-7-12-10(2)8-11(14)9-13(12,3)4/h5-7,10H,8-9H2,1-4H3/b6-5+,12-7+. The number of carbonyl (C=O) groups excluding carboxylic acids is 1. The van der Waals surface area contributed by atoms with Crippen molar-refractivity contribution in [1.29, 1.82) is 0 Å². The smallest absolute Gasteiger partial charge is 0.134 e. The Kier molecular flexibility index (Phi) is 3.30. The summed E-state index contributed by atoms with van der Waals surface area (Å²) < 4.78 is 0. The van der Waals surface area contributed by atoms with Crippen LogP contribution in [0.3, 0.4) is 0 Å². The van der Waals surface area contributed by atoms with E-state index in [1.54, 1.807) is 0 Å². The molecule has 0 bridgehead atoms. The normalized spacial score (nSPS) is 30.1. The van der Waals surface area contributed by atoms with Crippen molar-refractivity contribution in [2.45, 2.75) is 40.5 Å². The largest absolute Gasteiger partial charge is 0.300 e. The monoisotopic (exact) mass is 192 g/mol. The number of ketones is 1. The third-order valence-electron chi connectivity index (χ3n) is 2.95. The van der Waals surface area contributed by atoms with Crippen molar-refractivity contribution in [1.82, 2.24) is 0 Å². The summed E-state index contributed by atoms with van der Waals surface area (Å²) in [5.74, 6) is 0.808. The van der Waals surface area contributed by atoms with E-state index in [1.165, 1.54) is 5.57 Å². The Morgan fingerprint density at radius 3 is 2.57 bits per heavy atom. The van der Waals surface area contributed by atoms with Gasteiger partial charge in [-0.3, -0.25) is 4.79 Å². The third-order valence-corrected chi connectivity index (χ3v) is 2.95. The van der Waals surface area contributed by atoms with Gasteiger partial charge in [0.1, 0.15) is 5.78 Å². The summed E-state index contributed by atoms with van der Waals surface area (Å²) in [4.78, 5) is 11.5. The van der Waals surface area contributed by atoms with Gasteiger partial charge in [-0.15, -0.1) is 0 Å². The molecule has 0 amide bonds. The number of Topliss-reactive ketones (excluding diaryl/α,β-unsaturated/α-hetero) is 1. The van der Waals surface area contributed by atoms with Crippen LogP contribution < -0.4 is 0 Å². The molecule has 0 aromatic heterocycles. The minimum absolute atomic E-state index is 0.0499. The Morgan fingerprint density at radius 1 is 1.43 bits per heavy atom. The van der Waals surface area contributed by atoms with Gasteiger partial charge in [-0.05, 0) is 18.3 Å². The fraction of sp³-hybridized carbons (Fsp3) is 0.615. The molecule has 1 nitrogen and oxygen atoms in total. The van der Waals surface area contributed by atoms with Crippen LogP contribution in [0.25, 0.3) is 0 Å². The van der Waals surface area contributed by atoms with E-state index in [4.69, 9.17) is 0 Å². The maximum atomic E-state index is 11.5. The first-order chi connectivity index (χ1) is 6.47. The van der Waals surface area contributed by atoms with Crippen molar-refractivity contribution >= 4 is 5.78 Å². The van der Waals surface area contributed by atoms with Gasteiger partial charge >= 0.3 is 0 Å². The van der Waals surface area contributed by atoms with Gasteiger partial charge in [-0.2, -0.15) is 0 Å². The highest BCUT2D eigenvalue weighted by Crippen LogP contribution is 2.41. The minimum atomic E-state index is 0.0499. The molecule has 1 aliphatic rings. The summed E-state index contributed by atoms with van der Waals surface area (Å²) >= 11 is 0. The van der Waals surface area contributed by atoms with E-state index in [0.29, 0.717) is 24.5 Å². The maximum absolute atomic E-state index is 11.5. The van der Waals surface area contributed by atoms with E-state index in [0.717, 1.165) is 0 Å². The zero-order valence-corrected chi connectivity index (χ0v) is 9.63. The molecule has 1 atom stereocenters. The van der Waals surface area contributed by atoms with Crippen LogP contribution in [0.15, 0.2) is 23.8 Å². The lowest BCUT2D eigenvalue weighted by Gasteiger charge is -2.36. The van der Waals surface area contributed by atoms with Crippen molar-refractivity contribution in [3.8, 4) is 0 Å². The zero-order valence-electron chi connectivity index (χ0n) is 9.63. The lowest BCUT2D eigenvalue weighted by Crippen LogP contribution is -2.30. The predicted octanol–water partition coefficient (Wildman–Crippen LogP) is 3.51. The van der Waals surface area contributed by atoms with Gasteiger partial charge in [-0.25, -0.2) is 0 Å². The van der Waals surface area contributed by atoms with Crippen LogP contribution >= 0.6 is 0 Å². The van der Waals surface area contributed by atoms with Crippen LogP contribution in [-0.4, -0.2) is 5.78 Å². The molecule has 0 spiro atoms. The number of allylic oxidation sites excluding steroid dienone is 4. The second kappa shape index (κ2) is 4.12. The van der Waals surface area contributed by atoms with E-state index in [2.05, 4.69) is 32.9 Å². The number of carbonyl (C=O) groups is 1. The molecule has 1 unspecified atom stereocenters. The first-order valence-electron chi connectivity index (χ1n) is 5.32. The summed E-state index contributed by atoms with van der Waals surface area (Å²) in [5.41, 5.74) is 1.46. The Hall–Kier alpha value is -0.850. The Morgan fingerprint density at radius 2 is 2.07 bits per heavy atom. The highest BCUT2D eigenvalue weighted by molar-refractivity contribution is 5.81. The number of hydrogen-bond acceptors (Lipinski definition) is 1. The van der Waals surface area contributed by atoms with Crippen LogP contribution in [-0.2, 0) is 4.79 Å². The summed E-state index contributed by atoms with van der Waals surface area (Å²) in [7, 11) is 0. The fourth-order valence-electron chi connectivity index (χ4n) is 2.38. The molecular weight excluding hydrogens is 172 g/mol. The van der Waals surface area contributed by atoms with Gasteiger partial charge in [0.2, 0.25) is 0 Å². The first kappa shape index (κ1) is 11.2. The molecule has 0 aromatic carbocycles.